The minimum Gasteiger partial charge on any atom is -0.493 e. The third-order valence-electron chi connectivity index (χ3n) is 5.64. The number of carbonyl (C=O) groups excluding carboxylic acids is 1. The number of benzene rings is 1. The molecule has 4 N–H and O–H groups in total. The summed E-state index contributed by atoms with van der Waals surface area (Å²) in [7, 11) is 3.18. The minimum absolute atomic E-state index is 0.0802. The number of amides is 2. The highest BCUT2D eigenvalue weighted by molar-refractivity contribution is 7.76. The van der Waals surface area contributed by atoms with E-state index in [0.717, 1.165) is 47.1 Å². The standard InChI is InChI=1S/C19H28N6O5S/c1-12(10-25(31(27)28)23-19(20)26)13-4-6-24(7-5-13)18-14-8-16(29-2)17(30-3)9-15(14)21-11-22-18/h8-9,11-13H,4-7,10H2,1-3H3,(H,27,28)(H3,20,23,26). The number of rotatable bonds is 8. The Labute approximate surface area is 183 Å². The van der Waals surface area contributed by atoms with Crippen molar-refractivity contribution in [3.05, 3.63) is 18.5 Å². The fraction of sp³-hybridized carbons (Fsp3) is 0.526. The Morgan fingerprint density at radius 1 is 1.32 bits per heavy atom. The van der Waals surface area contributed by atoms with Crippen molar-refractivity contribution >= 4 is 34.0 Å². The van der Waals surface area contributed by atoms with Crippen molar-refractivity contribution in [1.29, 1.82) is 0 Å². The van der Waals surface area contributed by atoms with Gasteiger partial charge in [0.25, 0.3) is 11.3 Å². The quantitative estimate of drug-likeness (QED) is 0.404. The maximum Gasteiger partial charge on any atom is 0.327 e. The predicted octanol–water partition coefficient (Wildman–Crippen LogP) is 1.52. The van der Waals surface area contributed by atoms with Crippen LogP contribution in [0.25, 0.3) is 10.9 Å². The molecule has 2 amide bonds. The van der Waals surface area contributed by atoms with Gasteiger partial charge in [0.2, 0.25) is 0 Å². The summed E-state index contributed by atoms with van der Waals surface area (Å²) in [4.78, 5) is 22.1. The summed E-state index contributed by atoms with van der Waals surface area (Å²) in [6.07, 6.45) is 3.30. The van der Waals surface area contributed by atoms with Crippen LogP contribution in [0.3, 0.4) is 0 Å². The van der Waals surface area contributed by atoms with Crippen LogP contribution in [0.1, 0.15) is 19.8 Å². The number of fused-ring (bicyclic) bond motifs is 1. The molecule has 11 nitrogen and oxygen atoms in total. The molecule has 1 fully saturated rings. The van der Waals surface area contributed by atoms with E-state index in [1.165, 1.54) is 0 Å². The second-order valence-corrected chi connectivity index (χ2v) is 8.39. The number of urea groups is 1. The number of methoxy groups -OCH3 is 2. The summed E-state index contributed by atoms with van der Waals surface area (Å²) in [5.41, 5.74) is 8.05. The molecule has 0 aliphatic carbocycles. The van der Waals surface area contributed by atoms with Crippen LogP contribution in [0.5, 0.6) is 11.5 Å². The number of primary amides is 1. The molecule has 2 unspecified atom stereocenters. The number of piperidine rings is 1. The normalized spacial score (nSPS) is 16.9. The van der Waals surface area contributed by atoms with Crippen molar-refractivity contribution in [2.75, 3.05) is 38.8 Å². The minimum atomic E-state index is -2.34. The van der Waals surface area contributed by atoms with Crippen LogP contribution in [0.15, 0.2) is 18.5 Å². The predicted molar refractivity (Wildman–Crippen MR) is 117 cm³/mol. The van der Waals surface area contributed by atoms with E-state index in [2.05, 4.69) is 20.3 Å². The number of carbonyl (C=O) groups is 1. The maximum atomic E-state index is 11.4. The van der Waals surface area contributed by atoms with E-state index in [1.54, 1.807) is 20.5 Å². The Bertz CT molecular complexity index is 953. The first-order valence-corrected chi connectivity index (χ1v) is 11.0. The van der Waals surface area contributed by atoms with Gasteiger partial charge in [0.05, 0.1) is 19.7 Å². The Morgan fingerprint density at radius 2 is 1.97 bits per heavy atom. The first kappa shape index (κ1) is 23.0. The van der Waals surface area contributed by atoms with Gasteiger partial charge in [-0.3, -0.25) is 9.98 Å². The SMILES string of the molecule is COc1cc2ncnc(N3CCC(C(C)CN(NC(N)=O)S(=O)O)CC3)c2cc1OC. The number of nitrogens with zero attached hydrogens (tertiary/aromatic N) is 4. The molecule has 0 radical (unpaired) electrons. The zero-order valence-corrected chi connectivity index (χ0v) is 18.6. The van der Waals surface area contributed by atoms with E-state index in [4.69, 9.17) is 15.2 Å². The van der Waals surface area contributed by atoms with Gasteiger partial charge in [0.1, 0.15) is 12.1 Å². The number of hydrazine groups is 1. The molecule has 1 aliphatic heterocycles. The van der Waals surface area contributed by atoms with Crippen molar-refractivity contribution in [2.24, 2.45) is 17.6 Å². The molecule has 2 aromatic rings. The lowest BCUT2D eigenvalue weighted by Crippen LogP contribution is -2.49. The lowest BCUT2D eigenvalue weighted by atomic mass is 9.85. The van der Waals surface area contributed by atoms with Gasteiger partial charge in [-0.1, -0.05) is 6.92 Å². The summed E-state index contributed by atoms with van der Waals surface area (Å²) in [5.74, 6) is 2.47. The first-order chi connectivity index (χ1) is 14.8. The smallest absolute Gasteiger partial charge is 0.327 e. The van der Waals surface area contributed by atoms with Crippen molar-refractivity contribution in [3.63, 3.8) is 0 Å². The van der Waals surface area contributed by atoms with Crippen LogP contribution in [0.4, 0.5) is 10.6 Å². The zero-order chi connectivity index (χ0) is 22.5. The molecule has 0 bridgehead atoms. The number of nitrogens with two attached hydrogens (primary N) is 1. The van der Waals surface area contributed by atoms with Gasteiger partial charge in [-0.05, 0) is 30.7 Å². The molecule has 2 atom stereocenters. The molecule has 1 saturated heterocycles. The highest BCUT2D eigenvalue weighted by Gasteiger charge is 2.28. The molecular formula is C19H28N6O5S. The highest BCUT2D eigenvalue weighted by Crippen LogP contribution is 2.36. The van der Waals surface area contributed by atoms with Gasteiger partial charge in [-0.25, -0.2) is 19.0 Å². The molecule has 1 aromatic heterocycles. The molecule has 12 heteroatoms. The van der Waals surface area contributed by atoms with E-state index in [0.29, 0.717) is 17.4 Å². The Hall–Kier alpha value is -2.70. The van der Waals surface area contributed by atoms with E-state index in [9.17, 15) is 13.6 Å². The van der Waals surface area contributed by atoms with Gasteiger partial charge in [0, 0.05) is 31.1 Å². The summed E-state index contributed by atoms with van der Waals surface area (Å²) in [5, 5.41) is 0.888. The lowest BCUT2D eigenvalue weighted by molar-refractivity contribution is 0.198. The topological polar surface area (TPSA) is 143 Å². The summed E-state index contributed by atoms with van der Waals surface area (Å²) in [6, 6.07) is 2.86. The molecule has 170 valence electrons. The number of nitrogens with one attached hydrogen (secondary N) is 1. The summed E-state index contributed by atoms with van der Waals surface area (Å²) < 4.78 is 32.6. The second-order valence-electron chi connectivity index (χ2n) is 7.49. The zero-order valence-electron chi connectivity index (χ0n) is 17.8. The molecule has 2 heterocycles. The van der Waals surface area contributed by atoms with Crippen LogP contribution < -0.4 is 25.5 Å². The van der Waals surface area contributed by atoms with Crippen molar-refractivity contribution in [1.82, 2.24) is 19.8 Å². The second kappa shape index (κ2) is 10.1. The molecular weight excluding hydrogens is 424 g/mol. The van der Waals surface area contributed by atoms with Gasteiger partial charge in [-0.15, -0.1) is 4.41 Å². The number of hydrogen-bond donors (Lipinski definition) is 3. The van der Waals surface area contributed by atoms with Crippen molar-refractivity contribution in [2.45, 2.75) is 19.8 Å². The summed E-state index contributed by atoms with van der Waals surface area (Å²) in [6.45, 7) is 3.78. The van der Waals surface area contributed by atoms with E-state index in [-0.39, 0.29) is 12.5 Å². The molecule has 31 heavy (non-hydrogen) atoms. The Balaban J connectivity index is 1.71. The monoisotopic (exact) mass is 452 g/mol. The average molecular weight is 453 g/mol. The van der Waals surface area contributed by atoms with E-state index >= 15 is 0 Å². The highest BCUT2D eigenvalue weighted by atomic mass is 32.2. The number of hydrogen-bond acceptors (Lipinski definition) is 7. The summed E-state index contributed by atoms with van der Waals surface area (Å²) >= 11 is -2.34. The van der Waals surface area contributed by atoms with Crippen LogP contribution in [0.2, 0.25) is 0 Å². The fourth-order valence-electron chi connectivity index (χ4n) is 3.98. The van der Waals surface area contributed by atoms with Gasteiger partial charge >= 0.3 is 6.03 Å². The molecule has 0 saturated carbocycles. The van der Waals surface area contributed by atoms with Gasteiger partial charge in [0.15, 0.2) is 11.5 Å². The molecule has 1 aliphatic rings. The largest absolute Gasteiger partial charge is 0.493 e. The number of aromatic nitrogens is 2. The van der Waals surface area contributed by atoms with Crippen LogP contribution in [0, 0.1) is 11.8 Å². The average Bonchev–Trinajstić information content (AvgIpc) is 2.76. The Morgan fingerprint density at radius 3 is 2.55 bits per heavy atom. The number of ether oxygens (including phenoxy) is 2. The van der Waals surface area contributed by atoms with Gasteiger partial charge < -0.3 is 20.1 Å². The van der Waals surface area contributed by atoms with E-state index < -0.39 is 17.3 Å². The third-order valence-corrected chi connectivity index (χ3v) is 6.26. The van der Waals surface area contributed by atoms with Crippen LogP contribution >= 0.6 is 0 Å². The molecule has 1 aromatic carbocycles. The third kappa shape index (κ3) is 5.32. The Kier molecular flexibility index (Phi) is 7.46. The lowest BCUT2D eigenvalue weighted by Gasteiger charge is -2.36. The number of anilines is 1. The van der Waals surface area contributed by atoms with Crippen molar-refractivity contribution < 1.29 is 23.0 Å². The van der Waals surface area contributed by atoms with Crippen LogP contribution in [-0.2, 0) is 11.3 Å². The fourth-order valence-corrected chi connectivity index (χ4v) is 4.51. The maximum absolute atomic E-state index is 11.4. The first-order valence-electron chi connectivity index (χ1n) is 9.90. The van der Waals surface area contributed by atoms with Crippen LogP contribution in [-0.4, -0.2) is 63.0 Å². The van der Waals surface area contributed by atoms with E-state index in [1.807, 2.05) is 19.1 Å². The van der Waals surface area contributed by atoms with Crippen molar-refractivity contribution in [3.8, 4) is 11.5 Å². The van der Waals surface area contributed by atoms with Gasteiger partial charge in [-0.2, -0.15) is 0 Å². The molecule has 3 rings (SSSR count). The molecule has 0 spiro atoms.